The van der Waals surface area contributed by atoms with Crippen LogP contribution in [0.5, 0.6) is 0 Å². The molecule has 0 bridgehead atoms. The summed E-state index contributed by atoms with van der Waals surface area (Å²) in [6, 6.07) is 7.83. The van der Waals surface area contributed by atoms with Gasteiger partial charge in [0, 0.05) is 27.8 Å². The number of anilines is 3. The summed E-state index contributed by atoms with van der Waals surface area (Å²) in [4.78, 5) is 8.59. The van der Waals surface area contributed by atoms with Gasteiger partial charge in [0.15, 0.2) is 0 Å². The number of aromatic nitrogens is 2. The first-order chi connectivity index (χ1) is 8.58. The number of benzene rings is 1. The average molecular weight is 372 g/mol. The molecule has 0 fully saturated rings. The third kappa shape index (κ3) is 3.20. The molecule has 0 aliphatic rings. The number of hydrogen-bond acceptors (Lipinski definition) is 4. The predicted octanol–water partition coefficient (Wildman–Crippen LogP) is 4.10. The molecule has 0 spiro atoms. The van der Waals surface area contributed by atoms with E-state index in [1.165, 1.54) is 0 Å². The largest absolute Gasteiger partial charge is 0.357 e. The Balaban J connectivity index is 2.30. The van der Waals surface area contributed by atoms with Gasteiger partial charge in [-0.2, -0.15) is 4.98 Å². The maximum atomic E-state index is 4.35. The van der Waals surface area contributed by atoms with Gasteiger partial charge in [0.2, 0.25) is 5.95 Å². The molecule has 1 aromatic heterocycles. The van der Waals surface area contributed by atoms with Gasteiger partial charge in [0.1, 0.15) is 5.82 Å². The topological polar surface area (TPSA) is 49.8 Å². The van der Waals surface area contributed by atoms with E-state index in [1.54, 1.807) is 7.05 Å². The van der Waals surface area contributed by atoms with Crippen molar-refractivity contribution in [3.05, 3.63) is 38.9 Å². The number of rotatable bonds is 3. The number of nitrogens with one attached hydrogen (secondary N) is 2. The standard InChI is InChI=1S/C12H12Br2N4/c1-7-5-11(18-12(15-2)16-7)17-10-4-3-8(13)6-9(10)14/h3-6H,1-2H3,(H2,15,16,17,18). The smallest absolute Gasteiger partial charge is 0.224 e. The lowest BCUT2D eigenvalue weighted by Crippen LogP contribution is -2.02. The van der Waals surface area contributed by atoms with E-state index in [4.69, 9.17) is 0 Å². The molecule has 6 heteroatoms. The fourth-order valence-corrected chi connectivity index (χ4v) is 2.62. The van der Waals surface area contributed by atoms with E-state index in [0.717, 1.165) is 26.1 Å². The van der Waals surface area contributed by atoms with Crippen LogP contribution in [-0.2, 0) is 0 Å². The Labute approximate surface area is 122 Å². The second kappa shape index (κ2) is 5.67. The van der Waals surface area contributed by atoms with Crippen LogP contribution in [0.15, 0.2) is 33.2 Å². The van der Waals surface area contributed by atoms with Crippen molar-refractivity contribution in [1.82, 2.24) is 9.97 Å². The highest BCUT2D eigenvalue weighted by molar-refractivity contribution is 9.11. The van der Waals surface area contributed by atoms with Crippen molar-refractivity contribution >= 4 is 49.3 Å². The monoisotopic (exact) mass is 370 g/mol. The van der Waals surface area contributed by atoms with Crippen LogP contribution in [0.1, 0.15) is 5.69 Å². The van der Waals surface area contributed by atoms with Gasteiger partial charge < -0.3 is 10.6 Å². The zero-order valence-electron chi connectivity index (χ0n) is 9.96. The summed E-state index contributed by atoms with van der Waals surface area (Å²) in [7, 11) is 1.80. The summed E-state index contributed by atoms with van der Waals surface area (Å²) in [6.07, 6.45) is 0. The molecule has 18 heavy (non-hydrogen) atoms. The lowest BCUT2D eigenvalue weighted by atomic mass is 10.3. The fourth-order valence-electron chi connectivity index (χ4n) is 1.47. The van der Waals surface area contributed by atoms with E-state index in [9.17, 15) is 0 Å². The fraction of sp³-hybridized carbons (Fsp3) is 0.167. The zero-order valence-corrected chi connectivity index (χ0v) is 13.1. The first-order valence-corrected chi connectivity index (χ1v) is 6.92. The van der Waals surface area contributed by atoms with E-state index in [1.807, 2.05) is 31.2 Å². The highest BCUT2D eigenvalue weighted by Crippen LogP contribution is 2.28. The van der Waals surface area contributed by atoms with Gasteiger partial charge in [0.05, 0.1) is 5.69 Å². The lowest BCUT2D eigenvalue weighted by Gasteiger charge is -2.10. The third-order valence-corrected chi connectivity index (χ3v) is 3.42. The van der Waals surface area contributed by atoms with Gasteiger partial charge in [-0.1, -0.05) is 15.9 Å². The van der Waals surface area contributed by atoms with Gasteiger partial charge in [-0.05, 0) is 41.1 Å². The van der Waals surface area contributed by atoms with Crippen LogP contribution < -0.4 is 10.6 Å². The Bertz CT molecular complexity index is 572. The van der Waals surface area contributed by atoms with E-state index in [-0.39, 0.29) is 0 Å². The molecular weight excluding hydrogens is 360 g/mol. The molecule has 0 atom stereocenters. The van der Waals surface area contributed by atoms with Crippen LogP contribution in [0.4, 0.5) is 17.5 Å². The van der Waals surface area contributed by atoms with Gasteiger partial charge in [-0.15, -0.1) is 0 Å². The molecule has 1 aromatic carbocycles. The van der Waals surface area contributed by atoms with Crippen LogP contribution in [0, 0.1) is 6.92 Å². The first kappa shape index (κ1) is 13.3. The maximum absolute atomic E-state index is 4.35. The number of hydrogen-bond donors (Lipinski definition) is 2. The molecule has 0 aliphatic carbocycles. The van der Waals surface area contributed by atoms with Crippen molar-refractivity contribution in [2.24, 2.45) is 0 Å². The van der Waals surface area contributed by atoms with Crippen molar-refractivity contribution in [1.29, 1.82) is 0 Å². The summed E-state index contributed by atoms with van der Waals surface area (Å²) in [6.45, 7) is 1.93. The SMILES string of the molecule is CNc1nc(C)cc(Nc2ccc(Br)cc2Br)n1. The molecule has 2 aromatic rings. The molecule has 0 aliphatic heterocycles. The number of halogens is 2. The van der Waals surface area contributed by atoms with Crippen molar-refractivity contribution in [3.63, 3.8) is 0 Å². The van der Waals surface area contributed by atoms with Crippen LogP contribution in [0.25, 0.3) is 0 Å². The number of aryl methyl sites for hydroxylation is 1. The Kier molecular flexibility index (Phi) is 4.19. The molecule has 0 radical (unpaired) electrons. The summed E-state index contributed by atoms with van der Waals surface area (Å²) in [5, 5.41) is 6.19. The van der Waals surface area contributed by atoms with Crippen molar-refractivity contribution < 1.29 is 0 Å². The van der Waals surface area contributed by atoms with Crippen LogP contribution in [-0.4, -0.2) is 17.0 Å². The first-order valence-electron chi connectivity index (χ1n) is 5.34. The van der Waals surface area contributed by atoms with Gasteiger partial charge in [-0.25, -0.2) is 4.98 Å². The van der Waals surface area contributed by atoms with E-state index >= 15 is 0 Å². The minimum Gasteiger partial charge on any atom is -0.357 e. The normalized spacial score (nSPS) is 10.2. The van der Waals surface area contributed by atoms with E-state index < -0.39 is 0 Å². The quantitative estimate of drug-likeness (QED) is 0.852. The summed E-state index contributed by atoms with van der Waals surface area (Å²) < 4.78 is 1.99. The highest BCUT2D eigenvalue weighted by atomic mass is 79.9. The third-order valence-electron chi connectivity index (χ3n) is 2.27. The molecule has 4 nitrogen and oxygen atoms in total. The molecular formula is C12H12Br2N4. The molecule has 0 saturated carbocycles. The second-order valence-electron chi connectivity index (χ2n) is 3.72. The lowest BCUT2D eigenvalue weighted by molar-refractivity contribution is 1.10. The molecule has 0 saturated heterocycles. The predicted molar refractivity (Wildman–Crippen MR) is 81.4 cm³/mol. The minimum absolute atomic E-state index is 0.603. The van der Waals surface area contributed by atoms with E-state index in [2.05, 4.69) is 52.5 Å². The molecule has 1 heterocycles. The Morgan fingerprint density at radius 3 is 2.56 bits per heavy atom. The molecule has 0 amide bonds. The molecule has 2 N–H and O–H groups in total. The molecule has 2 rings (SSSR count). The van der Waals surface area contributed by atoms with Gasteiger partial charge >= 0.3 is 0 Å². The maximum Gasteiger partial charge on any atom is 0.224 e. The Morgan fingerprint density at radius 1 is 1.11 bits per heavy atom. The summed E-state index contributed by atoms with van der Waals surface area (Å²) in [5.74, 6) is 1.36. The van der Waals surface area contributed by atoms with Gasteiger partial charge in [-0.3, -0.25) is 0 Å². The highest BCUT2D eigenvalue weighted by Gasteiger charge is 2.04. The van der Waals surface area contributed by atoms with Crippen molar-refractivity contribution in [3.8, 4) is 0 Å². The summed E-state index contributed by atoms with van der Waals surface area (Å²) in [5.41, 5.74) is 1.86. The van der Waals surface area contributed by atoms with Crippen LogP contribution in [0.3, 0.4) is 0 Å². The van der Waals surface area contributed by atoms with Gasteiger partial charge in [0.25, 0.3) is 0 Å². The zero-order chi connectivity index (χ0) is 13.1. The van der Waals surface area contributed by atoms with Crippen molar-refractivity contribution in [2.45, 2.75) is 6.92 Å². The van der Waals surface area contributed by atoms with Crippen LogP contribution in [0.2, 0.25) is 0 Å². The molecule has 0 unspecified atom stereocenters. The van der Waals surface area contributed by atoms with Crippen LogP contribution >= 0.6 is 31.9 Å². The second-order valence-corrected chi connectivity index (χ2v) is 5.49. The number of nitrogens with zero attached hydrogens (tertiary/aromatic N) is 2. The van der Waals surface area contributed by atoms with Crippen molar-refractivity contribution in [2.75, 3.05) is 17.7 Å². The Morgan fingerprint density at radius 2 is 1.89 bits per heavy atom. The average Bonchev–Trinajstić information content (AvgIpc) is 2.32. The van der Waals surface area contributed by atoms with E-state index in [0.29, 0.717) is 5.95 Å². The summed E-state index contributed by atoms with van der Waals surface area (Å²) >= 11 is 6.93. The minimum atomic E-state index is 0.603. The molecule has 94 valence electrons. The Hall–Kier alpha value is -1.14.